The number of hydrogen-bond acceptors (Lipinski definition) is 4. The molecule has 0 unspecified atom stereocenters. The van der Waals surface area contributed by atoms with Crippen LogP contribution in [-0.2, 0) is 16.8 Å². The Balaban J connectivity index is 1.51. The zero-order valence-corrected chi connectivity index (χ0v) is 16.4. The zero-order valence-electron chi connectivity index (χ0n) is 16.4. The minimum Gasteiger partial charge on any atom is -0.346 e. The van der Waals surface area contributed by atoms with E-state index in [0.717, 1.165) is 29.8 Å². The lowest BCUT2D eigenvalue weighted by Gasteiger charge is -2.47. The predicted molar refractivity (Wildman–Crippen MR) is 103 cm³/mol. The highest BCUT2D eigenvalue weighted by Gasteiger charge is 2.45. The summed E-state index contributed by atoms with van der Waals surface area (Å²) in [5.74, 6) is 0.684. The number of benzene rings is 1. The second-order valence-electron chi connectivity index (χ2n) is 7.86. The number of aromatic nitrogens is 4. The third-order valence-electron chi connectivity index (χ3n) is 5.75. The van der Waals surface area contributed by atoms with Crippen molar-refractivity contribution in [2.45, 2.75) is 52.0 Å². The van der Waals surface area contributed by atoms with Gasteiger partial charge in [0.15, 0.2) is 0 Å². The first-order chi connectivity index (χ1) is 13.4. The third-order valence-corrected chi connectivity index (χ3v) is 5.75. The zero-order chi connectivity index (χ0) is 19.9. The summed E-state index contributed by atoms with van der Waals surface area (Å²) in [5.41, 5.74) is 2.77. The summed E-state index contributed by atoms with van der Waals surface area (Å²) < 4.78 is 16.1. The molecule has 1 aliphatic rings. The largest absolute Gasteiger partial charge is 0.346 e. The van der Waals surface area contributed by atoms with E-state index >= 15 is 0 Å². The molecule has 1 aromatic carbocycles. The van der Waals surface area contributed by atoms with Crippen LogP contribution in [0.4, 0.5) is 4.39 Å². The Morgan fingerprint density at radius 1 is 1.32 bits per heavy atom. The van der Waals surface area contributed by atoms with E-state index in [9.17, 15) is 9.18 Å². The van der Waals surface area contributed by atoms with Crippen molar-refractivity contribution in [3.05, 3.63) is 58.9 Å². The number of aryl methyl sites for hydroxylation is 2. The predicted octanol–water partition coefficient (Wildman–Crippen LogP) is 3.25. The molecule has 1 amide bonds. The smallest absolute Gasteiger partial charge is 0.252 e. The molecule has 3 aromatic rings. The van der Waals surface area contributed by atoms with Gasteiger partial charge in [-0.15, -0.1) is 0 Å². The van der Waals surface area contributed by atoms with Crippen molar-refractivity contribution in [2.75, 3.05) is 0 Å². The maximum absolute atomic E-state index is 14.4. The Morgan fingerprint density at radius 3 is 2.79 bits per heavy atom. The van der Waals surface area contributed by atoms with E-state index in [1.54, 1.807) is 16.6 Å². The van der Waals surface area contributed by atoms with Gasteiger partial charge in [0.2, 0.25) is 5.91 Å². The van der Waals surface area contributed by atoms with Crippen molar-refractivity contribution >= 4 is 11.7 Å². The van der Waals surface area contributed by atoms with Crippen LogP contribution in [0, 0.1) is 25.6 Å². The van der Waals surface area contributed by atoms with Gasteiger partial charge in [-0.2, -0.15) is 10.1 Å². The Morgan fingerprint density at radius 2 is 2.07 bits per heavy atom. The summed E-state index contributed by atoms with van der Waals surface area (Å²) in [4.78, 5) is 21.3. The lowest BCUT2D eigenvalue weighted by atomic mass is 9.65. The molecule has 6 nitrogen and oxygen atoms in total. The van der Waals surface area contributed by atoms with Crippen LogP contribution < -0.4 is 5.32 Å². The fourth-order valence-corrected chi connectivity index (χ4v) is 4.45. The van der Waals surface area contributed by atoms with Crippen molar-refractivity contribution in [1.82, 2.24) is 24.9 Å². The fourth-order valence-electron chi connectivity index (χ4n) is 4.45. The topological polar surface area (TPSA) is 72.2 Å². The number of rotatable bonds is 5. The summed E-state index contributed by atoms with van der Waals surface area (Å²) in [5, 5.41) is 7.31. The Bertz CT molecular complexity index is 1040. The minimum atomic E-state index is -0.597. The van der Waals surface area contributed by atoms with Gasteiger partial charge < -0.3 is 5.32 Å². The summed E-state index contributed by atoms with van der Waals surface area (Å²) in [6.07, 6.45) is 3.85. The van der Waals surface area contributed by atoms with Crippen molar-refractivity contribution in [2.24, 2.45) is 5.92 Å². The molecule has 7 heteroatoms. The van der Waals surface area contributed by atoms with E-state index < -0.39 is 5.54 Å². The highest BCUT2D eigenvalue weighted by Crippen LogP contribution is 2.46. The molecule has 2 aromatic heterocycles. The fraction of sp³-hybridized carbons (Fsp3) is 0.429. The molecule has 0 aliphatic heterocycles. The number of halogens is 1. The van der Waals surface area contributed by atoms with Gasteiger partial charge in [0, 0.05) is 23.4 Å². The molecule has 1 aliphatic carbocycles. The molecule has 0 bridgehead atoms. The number of amides is 1. The Hall–Kier alpha value is -2.83. The average molecular weight is 381 g/mol. The molecule has 28 heavy (non-hydrogen) atoms. The average Bonchev–Trinajstić information content (AvgIpc) is 3.09. The Labute approximate surface area is 163 Å². The van der Waals surface area contributed by atoms with E-state index in [0.29, 0.717) is 30.1 Å². The van der Waals surface area contributed by atoms with Gasteiger partial charge in [0.25, 0.3) is 5.78 Å². The second kappa shape index (κ2) is 6.96. The first-order valence-electron chi connectivity index (χ1n) is 9.61. The summed E-state index contributed by atoms with van der Waals surface area (Å²) in [6, 6.07) is 6.73. The molecule has 1 saturated carbocycles. The quantitative estimate of drug-likeness (QED) is 0.736. The standard InChI is InChI=1S/C21H24FN5O/c1-13-10-21(11-13,17-6-4-5-7-18(17)22)26-19(28)9-8-16-14(2)25-20-23-12-24-27(20)15(16)3/h4-7,12-13H,8-11H2,1-3H3,(H,26,28). The molecule has 146 valence electrons. The number of hydrogen-bond donors (Lipinski definition) is 1. The number of nitrogens with one attached hydrogen (secondary N) is 1. The normalized spacial score (nSPS) is 21.5. The van der Waals surface area contributed by atoms with Gasteiger partial charge >= 0.3 is 0 Å². The minimum absolute atomic E-state index is 0.0763. The van der Waals surface area contributed by atoms with E-state index in [2.05, 4.69) is 27.3 Å². The number of carbonyl (C=O) groups excluding carboxylic acids is 1. The van der Waals surface area contributed by atoms with Gasteiger partial charge in [-0.3, -0.25) is 4.79 Å². The molecule has 1 N–H and O–H groups in total. The second-order valence-corrected chi connectivity index (χ2v) is 7.86. The highest BCUT2D eigenvalue weighted by molar-refractivity contribution is 5.77. The highest BCUT2D eigenvalue weighted by atomic mass is 19.1. The lowest BCUT2D eigenvalue weighted by Crippen LogP contribution is -2.54. The van der Waals surface area contributed by atoms with E-state index in [1.165, 1.54) is 12.4 Å². The van der Waals surface area contributed by atoms with Crippen LogP contribution in [0.15, 0.2) is 30.6 Å². The first-order valence-corrected chi connectivity index (χ1v) is 9.61. The van der Waals surface area contributed by atoms with Crippen LogP contribution in [-0.4, -0.2) is 25.5 Å². The van der Waals surface area contributed by atoms with Gasteiger partial charge in [-0.25, -0.2) is 13.9 Å². The molecule has 4 rings (SSSR count). The third kappa shape index (κ3) is 3.15. The molecule has 1 fully saturated rings. The molecule has 0 spiro atoms. The van der Waals surface area contributed by atoms with Crippen molar-refractivity contribution in [3.8, 4) is 0 Å². The maximum atomic E-state index is 14.4. The monoisotopic (exact) mass is 381 g/mol. The van der Waals surface area contributed by atoms with Crippen molar-refractivity contribution in [3.63, 3.8) is 0 Å². The number of carbonyl (C=O) groups is 1. The summed E-state index contributed by atoms with van der Waals surface area (Å²) in [7, 11) is 0. The van der Waals surface area contributed by atoms with E-state index in [-0.39, 0.29) is 11.7 Å². The number of nitrogens with zero attached hydrogens (tertiary/aromatic N) is 4. The van der Waals surface area contributed by atoms with Crippen molar-refractivity contribution in [1.29, 1.82) is 0 Å². The van der Waals surface area contributed by atoms with Crippen LogP contribution in [0.2, 0.25) is 0 Å². The Kier molecular flexibility index (Phi) is 4.61. The van der Waals surface area contributed by atoms with E-state index in [1.807, 2.05) is 19.9 Å². The van der Waals surface area contributed by atoms with E-state index in [4.69, 9.17) is 0 Å². The van der Waals surface area contributed by atoms with Crippen LogP contribution in [0.1, 0.15) is 48.7 Å². The van der Waals surface area contributed by atoms with Crippen LogP contribution >= 0.6 is 0 Å². The SMILES string of the molecule is Cc1nc2ncnn2c(C)c1CCC(=O)NC1(c2ccccc2F)CC(C)C1. The van der Waals surface area contributed by atoms with Gasteiger partial charge in [0.1, 0.15) is 12.1 Å². The van der Waals surface area contributed by atoms with Crippen LogP contribution in [0.25, 0.3) is 5.78 Å². The first kappa shape index (κ1) is 18.5. The molecule has 0 atom stereocenters. The molecular formula is C21H24FN5O. The molecule has 0 radical (unpaired) electrons. The van der Waals surface area contributed by atoms with Crippen LogP contribution in [0.5, 0.6) is 0 Å². The van der Waals surface area contributed by atoms with Gasteiger partial charge in [-0.05, 0) is 50.7 Å². The van der Waals surface area contributed by atoms with Crippen LogP contribution in [0.3, 0.4) is 0 Å². The number of fused-ring (bicyclic) bond motifs is 1. The summed E-state index contributed by atoms with van der Waals surface area (Å²) >= 11 is 0. The maximum Gasteiger partial charge on any atom is 0.252 e. The summed E-state index contributed by atoms with van der Waals surface area (Å²) in [6.45, 7) is 6.00. The van der Waals surface area contributed by atoms with Gasteiger partial charge in [0.05, 0.1) is 5.54 Å². The molecular weight excluding hydrogens is 357 g/mol. The molecule has 0 saturated heterocycles. The molecule has 2 heterocycles. The van der Waals surface area contributed by atoms with Crippen molar-refractivity contribution < 1.29 is 9.18 Å². The lowest BCUT2D eigenvalue weighted by molar-refractivity contribution is -0.125. The van der Waals surface area contributed by atoms with Gasteiger partial charge in [-0.1, -0.05) is 25.1 Å².